The number of alkyl halides is 3. The minimum Gasteiger partial charge on any atom is -0.295 e. The van der Waals surface area contributed by atoms with Crippen molar-refractivity contribution in [3.63, 3.8) is 0 Å². The number of hydrogen-bond acceptors (Lipinski definition) is 3. The van der Waals surface area contributed by atoms with Crippen molar-refractivity contribution in [3.05, 3.63) is 0 Å². The van der Waals surface area contributed by atoms with Crippen molar-refractivity contribution in [2.75, 3.05) is 25.9 Å². The third kappa shape index (κ3) is 3.58. The van der Waals surface area contributed by atoms with Crippen LogP contribution < -0.4 is 0 Å². The summed E-state index contributed by atoms with van der Waals surface area (Å²) in [6.07, 6.45) is -3.73. The largest absolute Gasteiger partial charge is 0.406 e. The fraction of sp³-hybridized carbons (Fsp3) is 1.00. The molecular formula is C10H19F3N2O2S. The molecule has 0 aromatic rings. The van der Waals surface area contributed by atoms with Gasteiger partial charge in [0.2, 0.25) is 10.0 Å². The molecule has 0 aromatic carbocycles. The number of hydrogen-bond donors (Lipinski definition) is 0. The molecule has 1 heterocycles. The van der Waals surface area contributed by atoms with Gasteiger partial charge in [0.25, 0.3) is 0 Å². The van der Waals surface area contributed by atoms with Crippen LogP contribution in [0, 0.1) is 0 Å². The molecule has 1 aliphatic rings. The normalized spacial score (nSPS) is 25.4. The molecule has 0 amide bonds. The van der Waals surface area contributed by atoms with Gasteiger partial charge >= 0.3 is 6.18 Å². The van der Waals surface area contributed by atoms with Gasteiger partial charge in [-0.3, -0.25) is 4.90 Å². The fourth-order valence-corrected chi connectivity index (χ4v) is 3.10. The molecular weight excluding hydrogens is 269 g/mol. The quantitative estimate of drug-likeness (QED) is 0.730. The second-order valence-corrected chi connectivity index (χ2v) is 7.48. The van der Waals surface area contributed by atoms with Crippen LogP contribution >= 0.6 is 0 Å². The summed E-state index contributed by atoms with van der Waals surface area (Å²) in [5.41, 5.74) is -0.410. The van der Waals surface area contributed by atoms with E-state index in [9.17, 15) is 21.6 Å². The first-order valence-electron chi connectivity index (χ1n) is 5.62. The van der Waals surface area contributed by atoms with E-state index < -0.39 is 27.8 Å². The maximum atomic E-state index is 13.0. The average molecular weight is 288 g/mol. The lowest BCUT2D eigenvalue weighted by Crippen LogP contribution is -2.63. The van der Waals surface area contributed by atoms with Crippen LogP contribution in [0.25, 0.3) is 0 Å². The van der Waals surface area contributed by atoms with Gasteiger partial charge in [-0.2, -0.15) is 17.5 Å². The Balaban J connectivity index is 3.02. The zero-order chi connectivity index (χ0) is 14.4. The number of halogens is 3. The van der Waals surface area contributed by atoms with Crippen molar-refractivity contribution < 1.29 is 21.6 Å². The highest BCUT2D eigenvalue weighted by molar-refractivity contribution is 7.88. The standard InChI is InChI=1S/C10H19F3N2O2S/c1-9(2,3)14-5-6-15(18(4,16)17)8(7-14)10(11,12)13/h8H,5-7H2,1-4H3. The molecule has 1 rings (SSSR count). The smallest absolute Gasteiger partial charge is 0.295 e. The first-order chi connectivity index (χ1) is 7.83. The van der Waals surface area contributed by atoms with Crippen LogP contribution in [0.5, 0.6) is 0 Å². The molecule has 1 fully saturated rings. The third-order valence-electron chi connectivity index (χ3n) is 3.08. The summed E-state index contributed by atoms with van der Waals surface area (Å²) in [5.74, 6) is 0. The molecule has 1 saturated heterocycles. The van der Waals surface area contributed by atoms with Gasteiger partial charge in [0, 0.05) is 25.2 Å². The molecule has 4 nitrogen and oxygen atoms in total. The van der Waals surface area contributed by atoms with Gasteiger partial charge in [0.15, 0.2) is 0 Å². The van der Waals surface area contributed by atoms with Crippen molar-refractivity contribution >= 4 is 10.0 Å². The Morgan fingerprint density at radius 1 is 1.11 bits per heavy atom. The molecule has 8 heteroatoms. The van der Waals surface area contributed by atoms with Gasteiger partial charge in [-0.25, -0.2) is 8.42 Å². The monoisotopic (exact) mass is 288 g/mol. The second kappa shape index (κ2) is 4.64. The van der Waals surface area contributed by atoms with Gasteiger partial charge in [-0.1, -0.05) is 0 Å². The van der Waals surface area contributed by atoms with Crippen LogP contribution in [-0.2, 0) is 10.0 Å². The SMILES string of the molecule is CC(C)(C)N1CCN(S(C)(=O)=O)C(C(F)(F)F)C1. The zero-order valence-corrected chi connectivity index (χ0v) is 11.8. The summed E-state index contributed by atoms with van der Waals surface area (Å²) in [7, 11) is -3.84. The molecule has 0 radical (unpaired) electrons. The number of piperazine rings is 1. The van der Waals surface area contributed by atoms with Gasteiger partial charge < -0.3 is 0 Å². The topological polar surface area (TPSA) is 40.6 Å². The highest BCUT2D eigenvalue weighted by Gasteiger charge is 2.50. The summed E-state index contributed by atoms with van der Waals surface area (Å²) in [5, 5.41) is 0. The van der Waals surface area contributed by atoms with Gasteiger partial charge in [-0.05, 0) is 20.8 Å². The van der Waals surface area contributed by atoms with E-state index in [1.54, 1.807) is 4.90 Å². The maximum Gasteiger partial charge on any atom is 0.406 e. The van der Waals surface area contributed by atoms with E-state index in [4.69, 9.17) is 0 Å². The van der Waals surface area contributed by atoms with Gasteiger partial charge in [0.1, 0.15) is 6.04 Å². The summed E-state index contributed by atoms with van der Waals surface area (Å²) < 4.78 is 62.2. The van der Waals surface area contributed by atoms with Crippen LogP contribution in [-0.4, -0.2) is 61.3 Å². The highest BCUT2D eigenvalue weighted by Crippen LogP contribution is 2.31. The Bertz CT molecular complexity index is 400. The van der Waals surface area contributed by atoms with E-state index in [1.165, 1.54) is 0 Å². The van der Waals surface area contributed by atoms with Crippen molar-refractivity contribution in [2.45, 2.75) is 38.5 Å². The molecule has 0 aliphatic carbocycles. The van der Waals surface area contributed by atoms with Crippen LogP contribution in [0.1, 0.15) is 20.8 Å². The minimum absolute atomic E-state index is 0.125. The van der Waals surface area contributed by atoms with Gasteiger partial charge in [-0.15, -0.1) is 0 Å². The van der Waals surface area contributed by atoms with Crippen LogP contribution in [0.2, 0.25) is 0 Å². The van der Waals surface area contributed by atoms with E-state index >= 15 is 0 Å². The van der Waals surface area contributed by atoms with E-state index in [1.807, 2.05) is 20.8 Å². The molecule has 0 spiro atoms. The predicted molar refractivity (Wildman–Crippen MR) is 62.7 cm³/mol. The zero-order valence-electron chi connectivity index (χ0n) is 11.0. The van der Waals surface area contributed by atoms with Crippen LogP contribution in [0.15, 0.2) is 0 Å². The average Bonchev–Trinajstić information content (AvgIpc) is 2.12. The van der Waals surface area contributed by atoms with Crippen molar-refractivity contribution in [1.82, 2.24) is 9.21 Å². The van der Waals surface area contributed by atoms with Crippen molar-refractivity contribution in [2.24, 2.45) is 0 Å². The number of nitrogens with zero attached hydrogens (tertiary/aromatic N) is 2. The van der Waals surface area contributed by atoms with E-state index in [0.717, 1.165) is 6.26 Å². The molecule has 1 unspecified atom stereocenters. The van der Waals surface area contributed by atoms with Crippen LogP contribution in [0.3, 0.4) is 0 Å². The molecule has 1 atom stereocenters. The summed E-state index contributed by atoms with van der Waals surface area (Å²) in [4.78, 5) is 1.66. The molecule has 1 aliphatic heterocycles. The van der Waals surface area contributed by atoms with Crippen molar-refractivity contribution in [3.8, 4) is 0 Å². The van der Waals surface area contributed by atoms with E-state index in [0.29, 0.717) is 10.8 Å². The minimum atomic E-state index is -4.55. The second-order valence-electron chi connectivity index (χ2n) is 5.55. The Labute approximate surface area is 106 Å². The summed E-state index contributed by atoms with van der Waals surface area (Å²) in [6, 6.07) is -1.96. The lowest BCUT2D eigenvalue weighted by Gasteiger charge is -2.46. The summed E-state index contributed by atoms with van der Waals surface area (Å²) in [6.45, 7) is 5.31. The number of rotatable bonds is 1. The molecule has 0 saturated carbocycles. The van der Waals surface area contributed by atoms with Crippen LogP contribution in [0.4, 0.5) is 13.2 Å². The third-order valence-corrected chi connectivity index (χ3v) is 4.37. The first kappa shape index (κ1) is 15.7. The first-order valence-corrected chi connectivity index (χ1v) is 7.47. The molecule has 0 bridgehead atoms. The lowest BCUT2D eigenvalue weighted by molar-refractivity contribution is -0.186. The molecule has 0 aromatic heterocycles. The predicted octanol–water partition coefficient (Wildman–Crippen LogP) is 1.29. The Kier molecular flexibility index (Phi) is 4.06. The molecule has 0 N–H and O–H groups in total. The van der Waals surface area contributed by atoms with E-state index in [-0.39, 0.29) is 13.1 Å². The van der Waals surface area contributed by atoms with Gasteiger partial charge in [0.05, 0.1) is 6.26 Å². The lowest BCUT2D eigenvalue weighted by atomic mass is 10.0. The molecule has 18 heavy (non-hydrogen) atoms. The van der Waals surface area contributed by atoms with E-state index in [2.05, 4.69) is 0 Å². The highest BCUT2D eigenvalue weighted by atomic mass is 32.2. The maximum absolute atomic E-state index is 13.0. The molecule has 108 valence electrons. The Hall–Kier alpha value is -0.340. The fourth-order valence-electron chi connectivity index (χ4n) is 2.04. The Morgan fingerprint density at radius 2 is 1.61 bits per heavy atom. The Morgan fingerprint density at radius 3 is 1.94 bits per heavy atom. The summed E-state index contributed by atoms with van der Waals surface area (Å²) >= 11 is 0. The van der Waals surface area contributed by atoms with Crippen molar-refractivity contribution in [1.29, 1.82) is 0 Å². The number of sulfonamides is 1.